The van der Waals surface area contributed by atoms with Gasteiger partial charge in [-0.05, 0) is 64.2 Å². The van der Waals surface area contributed by atoms with Crippen LogP contribution in [0, 0.1) is 0 Å². The summed E-state index contributed by atoms with van der Waals surface area (Å²) in [6, 6.07) is -1.03. The lowest BCUT2D eigenvalue weighted by atomic mass is 9.99. The van der Waals surface area contributed by atoms with Crippen molar-refractivity contribution in [1.82, 2.24) is 5.32 Å². The maximum Gasteiger partial charge on any atom is 0.306 e. The van der Waals surface area contributed by atoms with Crippen molar-refractivity contribution in [3.05, 3.63) is 60.8 Å². The van der Waals surface area contributed by atoms with Crippen molar-refractivity contribution in [2.45, 2.75) is 256 Å². The van der Waals surface area contributed by atoms with E-state index >= 15 is 0 Å². The highest BCUT2D eigenvalue weighted by Gasteiger charge is 2.47. The molecule has 1 heterocycles. The Morgan fingerprint density at radius 2 is 1.14 bits per heavy atom. The second-order valence-electron chi connectivity index (χ2n) is 17.9. The number of aliphatic hydroxyl groups excluding tert-OH is 5. The molecule has 11 heteroatoms. The number of ether oxygens (including phenoxy) is 3. The third-order valence-electron chi connectivity index (χ3n) is 12.0. The molecule has 1 rings (SSSR count). The van der Waals surface area contributed by atoms with Crippen molar-refractivity contribution in [3.63, 3.8) is 0 Å². The summed E-state index contributed by atoms with van der Waals surface area (Å²) in [7, 11) is 0. The van der Waals surface area contributed by atoms with Crippen LogP contribution in [0.5, 0.6) is 0 Å². The van der Waals surface area contributed by atoms with Gasteiger partial charge in [-0.2, -0.15) is 0 Å². The van der Waals surface area contributed by atoms with Crippen LogP contribution in [0.1, 0.15) is 207 Å². The fraction of sp³-hybridized carbons (Fsp3) is 0.778. The summed E-state index contributed by atoms with van der Waals surface area (Å²) in [5.41, 5.74) is 0. The van der Waals surface area contributed by atoms with Gasteiger partial charge in [0.1, 0.15) is 24.4 Å². The Balaban J connectivity index is 2.79. The fourth-order valence-corrected chi connectivity index (χ4v) is 7.75. The van der Waals surface area contributed by atoms with Crippen molar-refractivity contribution in [2.24, 2.45) is 0 Å². The van der Waals surface area contributed by atoms with Gasteiger partial charge in [0.05, 0.1) is 25.4 Å². The molecule has 1 fully saturated rings. The van der Waals surface area contributed by atoms with Crippen LogP contribution in [0.3, 0.4) is 0 Å². The normalized spacial score (nSPS) is 20.8. The Bertz CT molecular complexity index is 1280. The Morgan fingerprint density at radius 1 is 0.615 bits per heavy atom. The topological polar surface area (TPSA) is 175 Å². The van der Waals surface area contributed by atoms with E-state index in [-0.39, 0.29) is 19.4 Å². The second-order valence-corrected chi connectivity index (χ2v) is 17.9. The van der Waals surface area contributed by atoms with Gasteiger partial charge in [-0.25, -0.2) is 0 Å². The summed E-state index contributed by atoms with van der Waals surface area (Å²) < 4.78 is 17.5. The molecule has 0 aromatic rings. The lowest BCUT2D eigenvalue weighted by Crippen LogP contribution is -2.61. The lowest BCUT2D eigenvalue weighted by molar-refractivity contribution is -0.305. The molecule has 1 amide bonds. The summed E-state index contributed by atoms with van der Waals surface area (Å²) >= 11 is 0. The third-order valence-corrected chi connectivity index (χ3v) is 12.0. The molecule has 6 N–H and O–H groups in total. The van der Waals surface area contributed by atoms with Gasteiger partial charge in [0, 0.05) is 6.42 Å². The number of carbonyl (C=O) groups excluding carboxylic acids is 2. The first kappa shape index (κ1) is 60.4. The van der Waals surface area contributed by atoms with Crippen molar-refractivity contribution in [2.75, 3.05) is 13.2 Å². The van der Waals surface area contributed by atoms with Crippen LogP contribution in [0.2, 0.25) is 0 Å². The maximum atomic E-state index is 13.3. The van der Waals surface area contributed by atoms with Gasteiger partial charge >= 0.3 is 5.97 Å². The molecular formula is C54H95NO10. The molecule has 0 saturated carbocycles. The van der Waals surface area contributed by atoms with E-state index < -0.39 is 67.4 Å². The van der Waals surface area contributed by atoms with Crippen LogP contribution in [0.4, 0.5) is 0 Å². The van der Waals surface area contributed by atoms with Gasteiger partial charge in [-0.15, -0.1) is 0 Å². The maximum absolute atomic E-state index is 13.3. The number of rotatable bonds is 42. The Labute approximate surface area is 395 Å². The highest BCUT2D eigenvalue weighted by Crippen LogP contribution is 2.26. The zero-order chi connectivity index (χ0) is 47.6. The van der Waals surface area contributed by atoms with Crippen LogP contribution >= 0.6 is 0 Å². The molecule has 0 aromatic heterocycles. The number of hydrogen-bond donors (Lipinski definition) is 6. The molecule has 0 bridgehead atoms. The average molecular weight is 918 g/mol. The van der Waals surface area contributed by atoms with Crippen LogP contribution in [0.15, 0.2) is 60.8 Å². The number of hydrogen-bond acceptors (Lipinski definition) is 10. The molecule has 1 saturated heterocycles. The number of amides is 1. The quantitative estimate of drug-likeness (QED) is 0.0150. The van der Waals surface area contributed by atoms with E-state index in [0.717, 1.165) is 103 Å². The van der Waals surface area contributed by atoms with Gasteiger partial charge in [0.2, 0.25) is 5.91 Å². The predicted octanol–water partition coefficient (Wildman–Crippen LogP) is 10.7. The van der Waals surface area contributed by atoms with Gasteiger partial charge in [-0.1, -0.05) is 197 Å². The zero-order valence-electron chi connectivity index (χ0n) is 41.1. The first-order chi connectivity index (χ1) is 31.7. The highest BCUT2D eigenvalue weighted by molar-refractivity contribution is 5.80. The van der Waals surface area contributed by atoms with Gasteiger partial charge in [-0.3, -0.25) is 9.59 Å². The minimum absolute atomic E-state index is 0.110. The minimum Gasteiger partial charge on any atom is -0.454 e. The summed E-state index contributed by atoms with van der Waals surface area (Å²) in [6.07, 6.45) is 39.9. The lowest BCUT2D eigenvalue weighted by Gasteiger charge is -2.41. The number of allylic oxidation sites excluding steroid dienone is 9. The van der Waals surface area contributed by atoms with E-state index in [0.29, 0.717) is 12.8 Å². The van der Waals surface area contributed by atoms with Crippen LogP contribution < -0.4 is 5.32 Å². The minimum atomic E-state index is -1.62. The Morgan fingerprint density at radius 3 is 1.74 bits per heavy atom. The number of aliphatic hydroxyl groups is 5. The Hall–Kier alpha value is -2.64. The molecule has 0 aromatic carbocycles. The number of nitrogens with one attached hydrogen (secondary N) is 1. The van der Waals surface area contributed by atoms with Crippen molar-refractivity contribution in [1.29, 1.82) is 0 Å². The monoisotopic (exact) mass is 918 g/mol. The SMILES string of the molecule is CC/C=C/C=C/C=C/CCCCCCCCC(O)C(=O)NC(COC1OC(CO)C(O)C(O)C1OC(=O)CCCCCCC/C=C\CCCC)C(O)/C=C/CCCCCCCCCCC. The second kappa shape index (κ2) is 42.7. The Kier molecular flexibility index (Phi) is 39.7. The van der Waals surface area contributed by atoms with Crippen LogP contribution in [-0.4, -0.2) is 99.6 Å². The summed E-state index contributed by atoms with van der Waals surface area (Å²) in [4.78, 5) is 26.3. The zero-order valence-corrected chi connectivity index (χ0v) is 41.1. The van der Waals surface area contributed by atoms with E-state index in [1.54, 1.807) is 6.08 Å². The van der Waals surface area contributed by atoms with E-state index in [1.165, 1.54) is 57.8 Å². The summed E-state index contributed by atoms with van der Waals surface area (Å²) in [6.45, 7) is 5.56. The number of unbranched alkanes of at least 4 members (excludes halogenated alkanes) is 22. The van der Waals surface area contributed by atoms with E-state index in [9.17, 15) is 35.1 Å². The van der Waals surface area contributed by atoms with Crippen LogP contribution in [-0.2, 0) is 23.8 Å². The molecule has 0 aliphatic carbocycles. The van der Waals surface area contributed by atoms with E-state index in [4.69, 9.17) is 14.2 Å². The standard InChI is InChI=1S/C54H95NO10/c1-4-7-10-13-16-19-22-23-24-27-29-32-35-38-41-47(58)53(62)55-45(46(57)40-37-34-31-28-25-20-17-14-11-8-5-2)44-63-54-52(51(61)50(60)48(43-56)64-54)65-49(59)42-39-36-33-30-26-21-18-15-12-9-6-3/h7,10,13,15-16,18-19,22,37,40,45-48,50-52,54,56-58,60-61H,4-6,8-9,11-12,14,17,20-21,23-36,38-39,41-44H2,1-3H3,(H,55,62)/b10-7+,16-13+,18-15-,22-19+,40-37+. The molecule has 376 valence electrons. The van der Waals surface area contributed by atoms with E-state index in [2.05, 4.69) is 62.5 Å². The van der Waals surface area contributed by atoms with Crippen molar-refractivity contribution < 1.29 is 49.3 Å². The number of esters is 1. The summed E-state index contributed by atoms with van der Waals surface area (Å²) in [5, 5.41) is 56.5. The van der Waals surface area contributed by atoms with Crippen molar-refractivity contribution in [3.8, 4) is 0 Å². The molecule has 1 aliphatic rings. The van der Waals surface area contributed by atoms with Gasteiger partial charge in [0.25, 0.3) is 0 Å². The molecule has 8 atom stereocenters. The molecule has 8 unspecified atom stereocenters. The molecular weight excluding hydrogens is 823 g/mol. The third kappa shape index (κ3) is 31.9. The molecule has 11 nitrogen and oxygen atoms in total. The first-order valence-electron chi connectivity index (χ1n) is 26.1. The molecule has 65 heavy (non-hydrogen) atoms. The summed E-state index contributed by atoms with van der Waals surface area (Å²) in [5.74, 6) is -1.22. The predicted molar refractivity (Wildman–Crippen MR) is 264 cm³/mol. The van der Waals surface area contributed by atoms with Crippen molar-refractivity contribution >= 4 is 11.9 Å². The number of carbonyl (C=O) groups is 2. The molecule has 0 radical (unpaired) electrons. The van der Waals surface area contributed by atoms with Crippen LogP contribution in [0.25, 0.3) is 0 Å². The highest BCUT2D eigenvalue weighted by atomic mass is 16.7. The van der Waals surface area contributed by atoms with Gasteiger partial charge in [0.15, 0.2) is 12.4 Å². The van der Waals surface area contributed by atoms with E-state index in [1.807, 2.05) is 18.2 Å². The average Bonchev–Trinajstić information content (AvgIpc) is 3.30. The largest absolute Gasteiger partial charge is 0.454 e. The molecule has 1 aliphatic heterocycles. The first-order valence-corrected chi connectivity index (χ1v) is 26.1. The van der Waals surface area contributed by atoms with Gasteiger partial charge < -0.3 is 45.1 Å². The fourth-order valence-electron chi connectivity index (χ4n) is 7.75. The molecule has 0 spiro atoms. The smallest absolute Gasteiger partial charge is 0.306 e.